The lowest BCUT2D eigenvalue weighted by molar-refractivity contribution is -0.325. The van der Waals surface area contributed by atoms with Gasteiger partial charge in [-0.1, -0.05) is 0 Å². The Morgan fingerprint density at radius 3 is 1.89 bits per heavy atom. The molecule has 3 saturated heterocycles. The lowest BCUT2D eigenvalue weighted by atomic mass is 9.97. The Bertz CT molecular complexity index is 1920. The topological polar surface area (TPSA) is 373 Å². The lowest BCUT2D eigenvalue weighted by Crippen LogP contribution is -2.61. The van der Waals surface area contributed by atoms with Crippen LogP contribution < -0.4 is 14.2 Å². The molecule has 0 spiro atoms. The number of phenolic OH excluding ortho intramolecular Hbond substituents is 2. The molecule has 24 heteroatoms. The number of rotatable bonds is 14. The number of ether oxygens (including phenoxy) is 10. The highest BCUT2D eigenvalue weighted by Gasteiger charge is 2.50. The van der Waals surface area contributed by atoms with Gasteiger partial charge in [0.05, 0.1) is 45.2 Å². The van der Waals surface area contributed by atoms with E-state index in [1.165, 1.54) is 45.4 Å². The number of hydrogen-bond acceptors (Lipinski definition) is 22. The van der Waals surface area contributed by atoms with E-state index in [1.54, 1.807) is 0 Å². The quantitative estimate of drug-likeness (QED) is 0.0494. The van der Waals surface area contributed by atoms with Gasteiger partial charge in [0, 0.05) is 12.1 Å². The average molecular weight is 890 g/mol. The van der Waals surface area contributed by atoms with Crippen molar-refractivity contribution in [2.75, 3.05) is 27.4 Å². The van der Waals surface area contributed by atoms with Gasteiger partial charge in [0.15, 0.2) is 29.7 Å². The zero-order chi connectivity index (χ0) is 45.3. The van der Waals surface area contributed by atoms with Crippen molar-refractivity contribution < 1.29 is 118 Å². The Labute approximate surface area is 350 Å². The number of esters is 1. The molecule has 16 unspecified atom stereocenters. The van der Waals surface area contributed by atoms with Crippen molar-refractivity contribution >= 4 is 18.0 Å². The summed E-state index contributed by atoms with van der Waals surface area (Å²) in [7, 11) is 2.55. The molecule has 2 aromatic rings. The second kappa shape index (κ2) is 19.3. The zero-order valence-electron chi connectivity index (χ0n) is 33.1. The zero-order valence-corrected chi connectivity index (χ0v) is 33.1. The molecule has 4 heterocycles. The van der Waals surface area contributed by atoms with Crippen molar-refractivity contribution in [3.8, 4) is 34.5 Å². The van der Waals surface area contributed by atoms with E-state index < -0.39 is 136 Å². The molecule has 4 aliphatic heterocycles. The Morgan fingerprint density at radius 1 is 0.710 bits per heavy atom. The molecule has 0 bridgehead atoms. The predicted molar refractivity (Wildman–Crippen MR) is 198 cm³/mol. The summed E-state index contributed by atoms with van der Waals surface area (Å²) in [6, 6.07) is 5.07. The number of carboxylic acids is 1. The van der Waals surface area contributed by atoms with Gasteiger partial charge >= 0.3 is 11.9 Å². The van der Waals surface area contributed by atoms with Crippen molar-refractivity contribution in [1.29, 1.82) is 0 Å². The molecular formula is C38H49O24+. The number of carbonyl (C=O) groups is 2. The Hall–Kier alpha value is -4.80. The molecule has 62 heavy (non-hydrogen) atoms. The first kappa shape index (κ1) is 46.7. The number of benzene rings is 2. The summed E-state index contributed by atoms with van der Waals surface area (Å²) in [5.41, 5.74) is 0.263. The molecule has 2 aromatic carbocycles. The van der Waals surface area contributed by atoms with Crippen molar-refractivity contribution in [3.63, 3.8) is 0 Å². The number of fused-ring (bicyclic) bond motifs is 1. The minimum Gasteiger partial charge on any atom is -0.571 e. The van der Waals surface area contributed by atoms with Crippen molar-refractivity contribution in [3.05, 3.63) is 41.2 Å². The van der Waals surface area contributed by atoms with Crippen LogP contribution in [0.2, 0.25) is 0 Å². The van der Waals surface area contributed by atoms with Gasteiger partial charge in [0.2, 0.25) is 18.3 Å². The summed E-state index contributed by atoms with van der Waals surface area (Å²) in [5.74, 6) is -3.99. The number of aliphatic carboxylic acids is 1. The maximum absolute atomic E-state index is 11.9. The van der Waals surface area contributed by atoms with Crippen LogP contribution in [0.3, 0.4) is 0 Å². The van der Waals surface area contributed by atoms with Crippen LogP contribution in [-0.4, -0.2) is 198 Å². The monoisotopic (exact) mass is 889 g/mol. The Kier molecular flexibility index (Phi) is 14.5. The van der Waals surface area contributed by atoms with Gasteiger partial charge in [0.1, 0.15) is 84.5 Å². The van der Waals surface area contributed by atoms with Gasteiger partial charge in [-0.05, 0) is 19.1 Å². The highest BCUT2D eigenvalue weighted by atomic mass is 16.7. The number of aromatic hydroxyl groups is 3. The normalized spacial score (nSPS) is 35.7. The summed E-state index contributed by atoms with van der Waals surface area (Å²) in [5, 5.41) is 126. The van der Waals surface area contributed by atoms with E-state index in [9.17, 15) is 65.8 Å². The number of carboxylic acid groups (broad SMARTS) is 1. The summed E-state index contributed by atoms with van der Waals surface area (Å²) < 4.78 is 54.9. The van der Waals surface area contributed by atoms with Gasteiger partial charge in [0.25, 0.3) is 11.9 Å². The number of methoxy groups -OCH3 is 2. The van der Waals surface area contributed by atoms with Crippen LogP contribution in [0.4, 0.5) is 0 Å². The molecule has 16 atom stereocenters. The maximum atomic E-state index is 11.9. The van der Waals surface area contributed by atoms with E-state index in [0.717, 1.165) is 6.07 Å². The van der Waals surface area contributed by atoms with Crippen LogP contribution >= 0.6 is 0 Å². The van der Waals surface area contributed by atoms with Crippen LogP contribution in [0, 0.1) is 0 Å². The molecule has 0 saturated carbocycles. The van der Waals surface area contributed by atoms with Crippen LogP contribution in [0.25, 0.3) is 6.08 Å². The smallest absolute Gasteiger partial charge is 0.317 e. The first-order valence-electron chi connectivity index (χ1n) is 19.0. The molecular weight excluding hydrogens is 840 g/mol. The average Bonchev–Trinajstić information content (AvgIpc) is 3.23. The van der Waals surface area contributed by atoms with Crippen molar-refractivity contribution in [2.24, 2.45) is 0 Å². The third kappa shape index (κ3) is 9.57. The fourth-order valence-electron chi connectivity index (χ4n) is 7.17. The number of aliphatic hydroxyl groups excluding tert-OH is 9. The number of aliphatic hydroxyl groups is 10. The van der Waals surface area contributed by atoms with Gasteiger partial charge in [-0.25, -0.2) is 0 Å². The van der Waals surface area contributed by atoms with E-state index in [4.69, 9.17) is 52.5 Å². The molecule has 0 radical (unpaired) electrons. The van der Waals surface area contributed by atoms with E-state index in [-0.39, 0.29) is 45.6 Å². The number of phenols is 2. The first-order chi connectivity index (χ1) is 29.4. The highest BCUT2D eigenvalue weighted by Crippen LogP contribution is 2.49. The third-order valence-corrected chi connectivity index (χ3v) is 10.5. The minimum absolute atomic E-state index is 0.0288. The van der Waals surface area contributed by atoms with E-state index in [0.29, 0.717) is 0 Å². The summed E-state index contributed by atoms with van der Waals surface area (Å²) in [4.78, 5) is 22.8. The summed E-state index contributed by atoms with van der Waals surface area (Å²) in [6.07, 6.45) is -26.6. The Balaban J connectivity index is 1.29. The standard InChI is InChI=1S/C38H48O24/c1-12-34(62-24(43)9-23(41)42)30(49)33(52)36(56-12)55-11-22-27(46)29(48)32(51)38(61-22)59-20-8-15-16(57-35(20)13-4-18(53-2)25(44)19(5-13)54-3)6-14(40)7-17(15)58-37-31(50)28(47)26(45)21(10-39)60-37/h4-8,12,21-22,26-40,44-52H,9-11H2,1-3H3,(H,41,42)/p+1. The van der Waals surface area contributed by atoms with E-state index in [2.05, 4.69) is 0 Å². The summed E-state index contributed by atoms with van der Waals surface area (Å²) >= 11 is 0. The van der Waals surface area contributed by atoms with Crippen LogP contribution in [0.1, 0.15) is 30.6 Å². The van der Waals surface area contributed by atoms with Gasteiger partial charge in [-0.15, -0.1) is 0 Å². The van der Waals surface area contributed by atoms with E-state index in [1.807, 2.05) is 0 Å². The van der Waals surface area contributed by atoms with Gasteiger partial charge in [-0.2, -0.15) is 0 Å². The minimum atomic E-state index is -1.97. The predicted octanol–water partition coefficient (Wildman–Crippen LogP) is -3.68. The molecule has 0 amide bonds. The van der Waals surface area contributed by atoms with E-state index >= 15 is 0 Å². The Morgan fingerprint density at radius 2 is 1.29 bits per heavy atom. The first-order valence-corrected chi connectivity index (χ1v) is 19.0. The molecule has 6 rings (SSSR count). The second-order valence-corrected chi connectivity index (χ2v) is 14.7. The van der Waals surface area contributed by atoms with Gasteiger partial charge < -0.3 is 109 Å². The SMILES string of the molecule is COc1cc(C2[OH+]c3cc(O)cc(OC4OC(CO)C(O)C(O)C4O)c3C=C2OC2OC(COC3OC(C)C(OC(=O)CC(=O)O)C(O)C3O)C(O)C(O)C2O)cc(OC)c1O. The second-order valence-electron chi connectivity index (χ2n) is 14.7. The molecule has 0 aromatic heterocycles. The molecule has 13 N–H and O–H groups in total. The van der Waals surface area contributed by atoms with Crippen molar-refractivity contribution in [2.45, 2.75) is 112 Å². The highest BCUT2D eigenvalue weighted by molar-refractivity contribution is 5.90. The lowest BCUT2D eigenvalue weighted by Gasteiger charge is -2.43. The third-order valence-electron chi connectivity index (χ3n) is 10.5. The molecule has 0 aliphatic carbocycles. The number of hydrogen-bond donors (Lipinski definition) is 12. The fourth-order valence-corrected chi connectivity index (χ4v) is 7.17. The van der Waals surface area contributed by atoms with Crippen LogP contribution in [-0.2, 0) is 38.0 Å². The molecule has 3 fully saturated rings. The van der Waals surface area contributed by atoms with Crippen LogP contribution in [0.5, 0.6) is 34.5 Å². The largest absolute Gasteiger partial charge is 0.571 e. The fraction of sp³-hybridized carbons (Fsp3) is 0.579. The molecule has 24 nitrogen and oxygen atoms in total. The van der Waals surface area contributed by atoms with Gasteiger partial charge in [-0.3, -0.25) is 9.59 Å². The van der Waals surface area contributed by atoms with Crippen molar-refractivity contribution in [1.82, 2.24) is 0 Å². The molecule has 344 valence electrons. The summed E-state index contributed by atoms with van der Waals surface area (Å²) in [6.45, 7) is -0.108. The number of carbonyl (C=O) groups excluding carboxylic acids is 1. The van der Waals surface area contributed by atoms with Crippen LogP contribution in [0.15, 0.2) is 30.0 Å². The molecule has 4 aliphatic rings. The maximum Gasteiger partial charge on any atom is 0.317 e.